The monoisotopic (exact) mass is 262 g/mol. The molecule has 6 heteroatoms. The van der Waals surface area contributed by atoms with Crippen LogP contribution in [0.25, 0.3) is 0 Å². The Bertz CT molecular complexity index is 489. The van der Waals surface area contributed by atoms with Crippen LogP contribution < -0.4 is 11.1 Å². The lowest BCUT2D eigenvalue weighted by Gasteiger charge is -2.34. The van der Waals surface area contributed by atoms with Gasteiger partial charge in [-0.3, -0.25) is 9.59 Å². The number of carbonyl (C=O) groups is 2. The predicted octanol–water partition coefficient (Wildman–Crippen LogP) is 0.404. The summed E-state index contributed by atoms with van der Waals surface area (Å²) in [5.41, 5.74) is 6.33. The third-order valence-electron chi connectivity index (χ3n) is 3.35. The van der Waals surface area contributed by atoms with Gasteiger partial charge in [-0.2, -0.15) is 0 Å². The van der Waals surface area contributed by atoms with Crippen LogP contribution in [0.1, 0.15) is 29.8 Å². The second-order valence-electron chi connectivity index (χ2n) is 4.57. The zero-order chi connectivity index (χ0) is 13.8. The second kappa shape index (κ2) is 5.69. The molecule has 3 N–H and O–H groups in total. The molecule has 2 amide bonds. The van der Waals surface area contributed by atoms with Gasteiger partial charge in [-0.05, 0) is 31.4 Å². The van der Waals surface area contributed by atoms with Gasteiger partial charge in [0.05, 0.1) is 5.69 Å². The lowest BCUT2D eigenvalue weighted by atomic mass is 10.0. The molecule has 1 fully saturated rings. The van der Waals surface area contributed by atoms with Crippen LogP contribution in [0.4, 0.5) is 5.69 Å². The van der Waals surface area contributed by atoms with Crippen molar-refractivity contribution < 1.29 is 9.59 Å². The number of likely N-dealkylation sites (tertiary alicyclic amines) is 1. The summed E-state index contributed by atoms with van der Waals surface area (Å²) in [6, 6.07) is 2.89. The quantitative estimate of drug-likeness (QED) is 0.807. The van der Waals surface area contributed by atoms with Crippen LogP contribution in [0.3, 0.4) is 0 Å². The normalized spacial score (nSPS) is 19.0. The van der Waals surface area contributed by atoms with E-state index in [1.54, 1.807) is 24.1 Å². The van der Waals surface area contributed by atoms with Gasteiger partial charge in [-0.1, -0.05) is 0 Å². The molecule has 1 aliphatic heterocycles. The zero-order valence-corrected chi connectivity index (χ0v) is 10.9. The van der Waals surface area contributed by atoms with Gasteiger partial charge in [0.1, 0.15) is 6.04 Å². The van der Waals surface area contributed by atoms with E-state index in [9.17, 15) is 9.59 Å². The maximum atomic E-state index is 12.5. The molecule has 1 unspecified atom stereocenters. The number of amides is 2. The number of pyridine rings is 1. The number of hydrogen-bond donors (Lipinski definition) is 2. The molecule has 2 rings (SSSR count). The number of anilines is 1. The lowest BCUT2D eigenvalue weighted by molar-refractivity contribution is -0.126. The summed E-state index contributed by atoms with van der Waals surface area (Å²) in [5.74, 6) is -0.408. The maximum absolute atomic E-state index is 12.5. The molecular formula is C13H18N4O2. The largest absolute Gasteiger partial charge is 0.397 e. The number of piperidine rings is 1. The molecule has 1 saturated heterocycles. The van der Waals surface area contributed by atoms with Crippen molar-refractivity contribution in [3.05, 3.63) is 24.0 Å². The van der Waals surface area contributed by atoms with Gasteiger partial charge in [0.25, 0.3) is 5.91 Å². The molecule has 6 nitrogen and oxygen atoms in total. The Balaban J connectivity index is 2.25. The number of carbonyl (C=O) groups excluding carboxylic acids is 2. The molecule has 0 aromatic carbocycles. The Morgan fingerprint density at radius 1 is 1.47 bits per heavy atom. The average Bonchev–Trinajstić information content (AvgIpc) is 2.46. The van der Waals surface area contributed by atoms with E-state index >= 15 is 0 Å². The van der Waals surface area contributed by atoms with Gasteiger partial charge in [0.2, 0.25) is 5.91 Å². The minimum atomic E-state index is -0.423. The predicted molar refractivity (Wildman–Crippen MR) is 71.4 cm³/mol. The molecule has 1 aliphatic rings. The number of nitrogen functional groups attached to an aromatic ring is 1. The highest BCUT2D eigenvalue weighted by molar-refractivity contribution is 5.99. The molecule has 0 radical (unpaired) electrons. The first-order valence-electron chi connectivity index (χ1n) is 6.38. The summed E-state index contributed by atoms with van der Waals surface area (Å²) in [4.78, 5) is 29.9. The Morgan fingerprint density at radius 3 is 2.95 bits per heavy atom. The highest BCUT2D eigenvalue weighted by Crippen LogP contribution is 2.21. The van der Waals surface area contributed by atoms with E-state index in [1.807, 2.05) is 0 Å². The summed E-state index contributed by atoms with van der Waals surface area (Å²) in [6.45, 7) is 0.562. The van der Waals surface area contributed by atoms with E-state index in [0.717, 1.165) is 12.8 Å². The number of likely N-dealkylation sites (N-methyl/N-ethyl adjacent to an activating group) is 1. The van der Waals surface area contributed by atoms with Gasteiger partial charge in [-0.25, -0.2) is 4.98 Å². The summed E-state index contributed by atoms with van der Waals surface area (Å²) < 4.78 is 0. The van der Waals surface area contributed by atoms with Crippen LogP contribution in [0.2, 0.25) is 0 Å². The fraction of sp³-hybridized carbons (Fsp3) is 0.462. The first kappa shape index (κ1) is 13.3. The summed E-state index contributed by atoms with van der Waals surface area (Å²) in [6.07, 6.45) is 4.05. The SMILES string of the molecule is CNC(=O)C1CCCCN1C(=O)c1ncccc1N. The van der Waals surface area contributed by atoms with Crippen molar-refractivity contribution in [3.63, 3.8) is 0 Å². The summed E-state index contributed by atoms with van der Waals surface area (Å²) in [5, 5.41) is 2.60. The minimum absolute atomic E-state index is 0.137. The smallest absolute Gasteiger partial charge is 0.275 e. The van der Waals surface area contributed by atoms with Gasteiger partial charge in [0, 0.05) is 19.8 Å². The Kier molecular flexibility index (Phi) is 3.99. The van der Waals surface area contributed by atoms with Crippen LogP contribution in [0.5, 0.6) is 0 Å². The van der Waals surface area contributed by atoms with Crippen molar-refractivity contribution in [1.82, 2.24) is 15.2 Å². The fourth-order valence-corrected chi connectivity index (χ4v) is 2.35. The summed E-state index contributed by atoms with van der Waals surface area (Å²) in [7, 11) is 1.58. The molecule has 0 aliphatic carbocycles. The molecule has 1 aromatic heterocycles. The fourth-order valence-electron chi connectivity index (χ4n) is 2.35. The van der Waals surface area contributed by atoms with Crippen molar-refractivity contribution in [3.8, 4) is 0 Å². The number of nitrogens with two attached hydrogens (primary N) is 1. The number of aromatic nitrogens is 1. The standard InChI is InChI=1S/C13H18N4O2/c1-15-12(18)10-6-2-3-8-17(10)13(19)11-9(14)5-4-7-16-11/h4-5,7,10H,2-3,6,8,14H2,1H3,(H,15,18). The molecule has 0 bridgehead atoms. The Morgan fingerprint density at radius 2 is 2.26 bits per heavy atom. The number of nitrogens with one attached hydrogen (secondary N) is 1. The van der Waals surface area contributed by atoms with Crippen molar-refractivity contribution in [2.75, 3.05) is 19.3 Å². The Hall–Kier alpha value is -2.11. The van der Waals surface area contributed by atoms with Gasteiger partial charge < -0.3 is 16.0 Å². The highest BCUT2D eigenvalue weighted by atomic mass is 16.2. The highest BCUT2D eigenvalue weighted by Gasteiger charge is 2.33. The molecule has 1 aromatic rings. The third kappa shape index (κ3) is 2.67. The first-order valence-corrected chi connectivity index (χ1v) is 6.38. The zero-order valence-electron chi connectivity index (χ0n) is 10.9. The molecule has 19 heavy (non-hydrogen) atoms. The van der Waals surface area contributed by atoms with E-state index in [-0.39, 0.29) is 17.5 Å². The molecule has 0 spiro atoms. The van der Waals surface area contributed by atoms with Gasteiger partial charge in [0.15, 0.2) is 5.69 Å². The average molecular weight is 262 g/mol. The summed E-state index contributed by atoms with van der Waals surface area (Å²) >= 11 is 0. The van der Waals surface area contributed by atoms with E-state index in [0.29, 0.717) is 18.7 Å². The van der Waals surface area contributed by atoms with Crippen molar-refractivity contribution in [2.24, 2.45) is 0 Å². The van der Waals surface area contributed by atoms with Crippen molar-refractivity contribution in [2.45, 2.75) is 25.3 Å². The van der Waals surface area contributed by atoms with Crippen LogP contribution in [-0.4, -0.2) is 41.3 Å². The third-order valence-corrected chi connectivity index (χ3v) is 3.35. The molecule has 0 saturated carbocycles. The maximum Gasteiger partial charge on any atom is 0.275 e. The topological polar surface area (TPSA) is 88.3 Å². The van der Waals surface area contributed by atoms with Crippen LogP contribution >= 0.6 is 0 Å². The van der Waals surface area contributed by atoms with Crippen molar-refractivity contribution in [1.29, 1.82) is 0 Å². The molecular weight excluding hydrogens is 244 g/mol. The van der Waals surface area contributed by atoms with E-state index < -0.39 is 6.04 Å². The van der Waals surface area contributed by atoms with E-state index in [4.69, 9.17) is 5.73 Å². The van der Waals surface area contributed by atoms with Crippen molar-refractivity contribution >= 4 is 17.5 Å². The van der Waals surface area contributed by atoms with Crippen LogP contribution in [0.15, 0.2) is 18.3 Å². The lowest BCUT2D eigenvalue weighted by Crippen LogP contribution is -2.51. The van der Waals surface area contributed by atoms with E-state index in [2.05, 4.69) is 10.3 Å². The Labute approximate surface area is 112 Å². The second-order valence-corrected chi connectivity index (χ2v) is 4.57. The van der Waals surface area contributed by atoms with Gasteiger partial charge in [-0.15, -0.1) is 0 Å². The minimum Gasteiger partial charge on any atom is -0.397 e. The number of rotatable bonds is 2. The van der Waals surface area contributed by atoms with Gasteiger partial charge >= 0.3 is 0 Å². The van der Waals surface area contributed by atoms with E-state index in [1.165, 1.54) is 6.20 Å². The molecule has 2 heterocycles. The number of hydrogen-bond acceptors (Lipinski definition) is 4. The molecule has 1 atom stereocenters. The van der Waals surface area contributed by atoms with Crippen LogP contribution in [0, 0.1) is 0 Å². The number of nitrogens with zero attached hydrogens (tertiary/aromatic N) is 2. The molecule has 102 valence electrons. The van der Waals surface area contributed by atoms with Crippen LogP contribution in [-0.2, 0) is 4.79 Å². The first-order chi connectivity index (χ1) is 9.15.